The summed E-state index contributed by atoms with van der Waals surface area (Å²) < 4.78 is 8.88. The van der Waals surface area contributed by atoms with E-state index in [4.69, 9.17) is 16.3 Å². The van der Waals surface area contributed by atoms with Gasteiger partial charge in [-0.2, -0.15) is 0 Å². The number of aromatic nitrogens is 1. The van der Waals surface area contributed by atoms with Crippen LogP contribution >= 0.6 is 22.9 Å². The second-order valence-corrected chi connectivity index (χ2v) is 9.07. The number of aliphatic hydroxyl groups excluding tert-OH is 1. The molecular formula is C22H25ClN2O2S. The van der Waals surface area contributed by atoms with Gasteiger partial charge in [0.2, 0.25) is 0 Å². The molecule has 0 aliphatic carbocycles. The van der Waals surface area contributed by atoms with Crippen molar-refractivity contribution < 1.29 is 9.84 Å². The second-order valence-electron chi connectivity index (χ2n) is 7.27. The molecule has 0 unspecified atom stereocenters. The van der Waals surface area contributed by atoms with Crippen LogP contribution in [0.3, 0.4) is 0 Å². The molecule has 4 rings (SSSR count). The number of likely N-dealkylation sites (tertiary alicyclic amines) is 1. The number of aliphatic hydroxyl groups is 1. The van der Waals surface area contributed by atoms with Crippen molar-refractivity contribution in [2.45, 2.75) is 32.0 Å². The second kappa shape index (κ2) is 8.70. The maximum atomic E-state index is 9.79. The SMILES string of the molecule is C=CCOc1ccc2c(c1)c(CN1CCC(O)CC1)cn2Cc1ccc(Cl)s1. The Labute approximate surface area is 174 Å². The molecule has 0 saturated carbocycles. The lowest BCUT2D eigenvalue weighted by Crippen LogP contribution is -2.35. The first kappa shape index (κ1) is 19.5. The molecule has 1 aliphatic rings. The van der Waals surface area contributed by atoms with E-state index in [0.717, 1.165) is 49.1 Å². The molecule has 3 heterocycles. The quantitative estimate of drug-likeness (QED) is 0.555. The first-order chi connectivity index (χ1) is 13.6. The Hall–Kier alpha value is -1.79. The topological polar surface area (TPSA) is 37.6 Å². The Balaban J connectivity index is 1.65. The third-order valence-corrected chi connectivity index (χ3v) is 6.42. The summed E-state index contributed by atoms with van der Waals surface area (Å²) >= 11 is 7.74. The van der Waals surface area contributed by atoms with Crippen LogP contribution in [-0.4, -0.2) is 40.4 Å². The van der Waals surface area contributed by atoms with E-state index in [-0.39, 0.29) is 6.10 Å². The average Bonchev–Trinajstić information content (AvgIpc) is 3.25. The molecule has 0 bridgehead atoms. The first-order valence-corrected chi connectivity index (χ1v) is 10.8. The molecule has 1 saturated heterocycles. The number of nitrogens with zero attached hydrogens (tertiary/aromatic N) is 2. The van der Waals surface area contributed by atoms with Crippen LogP contribution in [0.25, 0.3) is 10.9 Å². The molecule has 28 heavy (non-hydrogen) atoms. The summed E-state index contributed by atoms with van der Waals surface area (Å²) in [7, 11) is 0. The van der Waals surface area contributed by atoms with E-state index in [2.05, 4.69) is 40.4 Å². The third kappa shape index (κ3) is 4.44. The van der Waals surface area contributed by atoms with Gasteiger partial charge in [-0.05, 0) is 48.7 Å². The summed E-state index contributed by atoms with van der Waals surface area (Å²) in [5, 5.41) is 11.0. The number of hydrogen-bond acceptors (Lipinski definition) is 4. The van der Waals surface area contributed by atoms with Gasteiger partial charge in [-0.15, -0.1) is 11.3 Å². The lowest BCUT2D eigenvalue weighted by atomic mass is 10.1. The minimum Gasteiger partial charge on any atom is -0.490 e. The van der Waals surface area contributed by atoms with E-state index in [1.54, 1.807) is 17.4 Å². The third-order valence-electron chi connectivity index (χ3n) is 5.21. The van der Waals surface area contributed by atoms with Crippen molar-refractivity contribution in [2.75, 3.05) is 19.7 Å². The number of benzene rings is 1. The van der Waals surface area contributed by atoms with E-state index in [9.17, 15) is 5.11 Å². The summed E-state index contributed by atoms with van der Waals surface area (Å²) in [5.41, 5.74) is 2.49. The molecule has 1 aromatic carbocycles. The fourth-order valence-corrected chi connectivity index (χ4v) is 4.86. The fraction of sp³-hybridized carbons (Fsp3) is 0.364. The summed E-state index contributed by atoms with van der Waals surface area (Å²) in [6.07, 6.45) is 5.55. The lowest BCUT2D eigenvalue weighted by Gasteiger charge is -2.29. The van der Waals surface area contributed by atoms with Crippen molar-refractivity contribution in [1.29, 1.82) is 0 Å². The summed E-state index contributed by atoms with van der Waals surface area (Å²) in [4.78, 5) is 3.66. The number of rotatable bonds is 7. The van der Waals surface area contributed by atoms with Crippen molar-refractivity contribution in [3.63, 3.8) is 0 Å². The zero-order valence-electron chi connectivity index (χ0n) is 15.8. The van der Waals surface area contributed by atoms with Gasteiger partial charge in [-0.3, -0.25) is 4.90 Å². The monoisotopic (exact) mass is 416 g/mol. The zero-order valence-corrected chi connectivity index (χ0v) is 17.4. The van der Waals surface area contributed by atoms with Crippen LogP contribution in [0.15, 0.2) is 49.2 Å². The Bertz CT molecular complexity index is 957. The highest BCUT2D eigenvalue weighted by molar-refractivity contribution is 7.16. The molecule has 0 radical (unpaired) electrons. The molecule has 0 atom stereocenters. The molecular weight excluding hydrogens is 392 g/mol. The molecule has 1 aliphatic heterocycles. The van der Waals surface area contributed by atoms with Gasteiger partial charge in [0.25, 0.3) is 0 Å². The van der Waals surface area contributed by atoms with E-state index < -0.39 is 0 Å². The molecule has 1 fully saturated rings. The standard InChI is InChI=1S/C22H25ClN2O2S/c1-2-11-27-18-3-5-21-20(12-18)16(13-24-9-7-17(26)8-10-24)14-25(21)15-19-4-6-22(23)28-19/h2-6,12,14,17,26H,1,7-11,13,15H2. The summed E-state index contributed by atoms with van der Waals surface area (Å²) in [6, 6.07) is 10.3. The maximum Gasteiger partial charge on any atom is 0.120 e. The van der Waals surface area contributed by atoms with Crippen LogP contribution in [0.2, 0.25) is 4.34 Å². The highest BCUT2D eigenvalue weighted by Crippen LogP contribution is 2.30. The van der Waals surface area contributed by atoms with Crippen molar-refractivity contribution in [3.05, 3.63) is 64.0 Å². The lowest BCUT2D eigenvalue weighted by molar-refractivity contribution is 0.0794. The number of fused-ring (bicyclic) bond motifs is 1. The normalized spacial score (nSPS) is 15.9. The predicted molar refractivity (Wildman–Crippen MR) is 117 cm³/mol. The Morgan fingerprint density at radius 3 is 2.75 bits per heavy atom. The summed E-state index contributed by atoms with van der Waals surface area (Å²) in [6.45, 7) is 7.77. The van der Waals surface area contributed by atoms with Crippen molar-refractivity contribution >= 4 is 33.8 Å². The highest BCUT2D eigenvalue weighted by Gasteiger charge is 2.19. The minimum absolute atomic E-state index is 0.153. The molecule has 2 aromatic heterocycles. The van der Waals surface area contributed by atoms with Gasteiger partial charge in [-0.1, -0.05) is 24.3 Å². The Kier molecular flexibility index (Phi) is 6.07. The number of halogens is 1. The van der Waals surface area contributed by atoms with Crippen LogP contribution in [-0.2, 0) is 13.1 Å². The van der Waals surface area contributed by atoms with Gasteiger partial charge in [0.15, 0.2) is 0 Å². The smallest absolute Gasteiger partial charge is 0.120 e. The van der Waals surface area contributed by atoms with E-state index >= 15 is 0 Å². The Morgan fingerprint density at radius 2 is 2.04 bits per heavy atom. The zero-order chi connectivity index (χ0) is 19.5. The van der Waals surface area contributed by atoms with Gasteiger partial charge in [0.1, 0.15) is 12.4 Å². The molecule has 3 aromatic rings. The van der Waals surface area contributed by atoms with E-state index in [1.165, 1.54) is 21.3 Å². The van der Waals surface area contributed by atoms with Gasteiger partial charge < -0.3 is 14.4 Å². The fourth-order valence-electron chi connectivity index (χ4n) is 3.77. The van der Waals surface area contributed by atoms with E-state index in [1.807, 2.05) is 12.1 Å². The summed E-state index contributed by atoms with van der Waals surface area (Å²) in [5.74, 6) is 0.861. The number of piperidine rings is 1. The Morgan fingerprint density at radius 1 is 1.21 bits per heavy atom. The maximum absolute atomic E-state index is 9.79. The van der Waals surface area contributed by atoms with Crippen LogP contribution in [0, 0.1) is 0 Å². The van der Waals surface area contributed by atoms with Crippen molar-refractivity contribution in [2.24, 2.45) is 0 Å². The van der Waals surface area contributed by atoms with E-state index in [0.29, 0.717) is 6.61 Å². The molecule has 0 amide bonds. The minimum atomic E-state index is -0.153. The van der Waals surface area contributed by atoms with Crippen LogP contribution < -0.4 is 4.74 Å². The first-order valence-electron chi connectivity index (χ1n) is 9.62. The molecule has 148 valence electrons. The van der Waals surface area contributed by atoms with Crippen LogP contribution in [0.4, 0.5) is 0 Å². The molecule has 6 heteroatoms. The molecule has 0 spiro atoms. The van der Waals surface area contributed by atoms with Gasteiger partial charge in [-0.25, -0.2) is 0 Å². The van der Waals surface area contributed by atoms with Gasteiger partial charge in [0.05, 0.1) is 17.0 Å². The number of ether oxygens (including phenoxy) is 1. The average molecular weight is 417 g/mol. The van der Waals surface area contributed by atoms with Gasteiger partial charge in [0, 0.05) is 41.6 Å². The van der Waals surface area contributed by atoms with Crippen molar-refractivity contribution in [1.82, 2.24) is 9.47 Å². The highest BCUT2D eigenvalue weighted by atomic mass is 35.5. The molecule has 1 N–H and O–H groups in total. The molecule has 4 nitrogen and oxygen atoms in total. The largest absolute Gasteiger partial charge is 0.490 e. The number of thiophene rings is 1. The predicted octanol–water partition coefficient (Wildman–Crippen LogP) is 4.93. The van der Waals surface area contributed by atoms with Crippen molar-refractivity contribution in [3.8, 4) is 5.75 Å². The van der Waals surface area contributed by atoms with Gasteiger partial charge >= 0.3 is 0 Å². The van der Waals surface area contributed by atoms with Crippen LogP contribution in [0.1, 0.15) is 23.3 Å². The van der Waals surface area contributed by atoms with Crippen LogP contribution in [0.5, 0.6) is 5.75 Å². The number of hydrogen-bond donors (Lipinski definition) is 1.